The lowest BCUT2D eigenvalue weighted by atomic mass is 10.2. The number of hydrogen-bond donors (Lipinski definition) is 2. The van der Waals surface area contributed by atoms with E-state index in [1.165, 1.54) is 24.5 Å². The van der Waals surface area contributed by atoms with Gasteiger partial charge >= 0.3 is 0 Å². The molecule has 1 heterocycles. The van der Waals surface area contributed by atoms with Crippen LogP contribution in [-0.2, 0) is 9.53 Å². The number of thiophene rings is 1. The van der Waals surface area contributed by atoms with Crippen molar-refractivity contribution in [3.05, 3.63) is 27.4 Å². The molecule has 1 amide bonds. The Balaban J connectivity index is 2.23. The minimum absolute atomic E-state index is 0.191. The van der Waals surface area contributed by atoms with Crippen molar-refractivity contribution in [2.24, 2.45) is 0 Å². The lowest BCUT2D eigenvalue weighted by Gasteiger charge is -2.08. The Morgan fingerprint density at radius 3 is 3.06 bits per heavy atom. The summed E-state index contributed by atoms with van der Waals surface area (Å²) in [6, 6.07) is 3.63. The molecule has 0 aliphatic carbocycles. The molecule has 18 heavy (non-hydrogen) atoms. The molecule has 1 aromatic heterocycles. The minimum Gasteiger partial charge on any atom is -0.391 e. The van der Waals surface area contributed by atoms with E-state index < -0.39 is 6.10 Å². The van der Waals surface area contributed by atoms with Crippen molar-refractivity contribution in [3.8, 4) is 0 Å². The molecule has 0 radical (unpaired) electrons. The topological polar surface area (TPSA) is 58.6 Å². The third-order valence-corrected chi connectivity index (χ3v) is 3.33. The fourth-order valence-electron chi connectivity index (χ4n) is 1.27. The first-order valence-corrected chi connectivity index (χ1v) is 6.69. The van der Waals surface area contributed by atoms with Gasteiger partial charge in [0.05, 0.1) is 17.0 Å². The van der Waals surface area contributed by atoms with Gasteiger partial charge in [0.15, 0.2) is 0 Å². The maximum Gasteiger partial charge on any atom is 0.244 e. The van der Waals surface area contributed by atoms with Gasteiger partial charge in [-0.05, 0) is 24.6 Å². The van der Waals surface area contributed by atoms with Gasteiger partial charge in [-0.3, -0.25) is 4.79 Å². The number of hydrogen-bond acceptors (Lipinski definition) is 4. The Kier molecular flexibility index (Phi) is 6.97. The molecule has 100 valence electrons. The zero-order valence-electron chi connectivity index (χ0n) is 10.1. The predicted octanol–water partition coefficient (Wildman–Crippen LogP) is 1.93. The van der Waals surface area contributed by atoms with Crippen molar-refractivity contribution in [1.82, 2.24) is 5.32 Å². The standard InChI is InChI=1S/C12H16ClNO3S/c1-17-8-9(15)6-7-14-12(16)5-3-10-2-4-11(13)18-10/h2-5,9,15H,6-8H2,1H3,(H,14,16)/b5-3+. The van der Waals surface area contributed by atoms with Crippen molar-refractivity contribution in [3.63, 3.8) is 0 Å². The Morgan fingerprint density at radius 2 is 2.44 bits per heavy atom. The Bertz CT molecular complexity index is 406. The first-order chi connectivity index (χ1) is 8.61. The predicted molar refractivity (Wildman–Crippen MR) is 73.9 cm³/mol. The zero-order valence-corrected chi connectivity index (χ0v) is 11.6. The molecule has 0 aliphatic rings. The number of aliphatic hydroxyl groups is 1. The Labute approximate surface area is 115 Å². The molecule has 0 spiro atoms. The van der Waals surface area contributed by atoms with Crippen molar-refractivity contribution >= 4 is 34.9 Å². The molecule has 0 bridgehead atoms. The monoisotopic (exact) mass is 289 g/mol. The number of rotatable bonds is 7. The summed E-state index contributed by atoms with van der Waals surface area (Å²) in [4.78, 5) is 12.3. The maximum absolute atomic E-state index is 11.4. The summed E-state index contributed by atoms with van der Waals surface area (Å²) in [5.41, 5.74) is 0. The van der Waals surface area contributed by atoms with Crippen LogP contribution in [0.25, 0.3) is 6.08 Å². The van der Waals surface area contributed by atoms with Crippen LogP contribution in [0.4, 0.5) is 0 Å². The summed E-state index contributed by atoms with van der Waals surface area (Å²) < 4.78 is 5.47. The summed E-state index contributed by atoms with van der Waals surface area (Å²) in [6.07, 6.45) is 3.08. The van der Waals surface area contributed by atoms with Gasteiger partial charge in [-0.2, -0.15) is 0 Å². The van der Waals surface area contributed by atoms with E-state index in [1.54, 1.807) is 12.1 Å². The molecular weight excluding hydrogens is 274 g/mol. The number of nitrogens with one attached hydrogen (secondary N) is 1. The third-order valence-electron chi connectivity index (χ3n) is 2.13. The van der Waals surface area contributed by atoms with Crippen molar-refractivity contribution < 1.29 is 14.6 Å². The SMILES string of the molecule is COCC(O)CCNC(=O)/C=C/c1ccc(Cl)s1. The van der Waals surface area contributed by atoms with Crippen LogP contribution in [0.5, 0.6) is 0 Å². The fourth-order valence-corrected chi connectivity index (χ4v) is 2.24. The van der Waals surface area contributed by atoms with Crippen LogP contribution >= 0.6 is 22.9 Å². The van der Waals surface area contributed by atoms with E-state index in [0.29, 0.717) is 17.3 Å². The molecular formula is C12H16ClNO3S. The number of amides is 1. The number of aliphatic hydroxyl groups excluding tert-OH is 1. The molecule has 0 saturated heterocycles. The maximum atomic E-state index is 11.4. The van der Waals surface area contributed by atoms with Crippen LogP contribution in [0.1, 0.15) is 11.3 Å². The quantitative estimate of drug-likeness (QED) is 0.754. The van der Waals surface area contributed by atoms with E-state index in [1.807, 2.05) is 6.07 Å². The third kappa shape index (κ3) is 6.16. The number of carbonyl (C=O) groups excluding carboxylic acids is 1. The molecule has 1 rings (SSSR count). The van der Waals surface area contributed by atoms with E-state index in [2.05, 4.69) is 5.32 Å². The van der Waals surface area contributed by atoms with Gasteiger partial charge < -0.3 is 15.2 Å². The van der Waals surface area contributed by atoms with Gasteiger partial charge in [0.2, 0.25) is 5.91 Å². The molecule has 2 N–H and O–H groups in total. The Hall–Kier alpha value is -0.880. The van der Waals surface area contributed by atoms with Gasteiger partial charge in [0, 0.05) is 24.6 Å². The first kappa shape index (κ1) is 15.2. The first-order valence-electron chi connectivity index (χ1n) is 5.50. The van der Waals surface area contributed by atoms with E-state index in [0.717, 1.165) is 4.88 Å². The fraction of sp³-hybridized carbons (Fsp3) is 0.417. The highest BCUT2D eigenvalue weighted by molar-refractivity contribution is 7.17. The van der Waals surface area contributed by atoms with Gasteiger partial charge in [0.25, 0.3) is 0 Å². The second kappa shape index (κ2) is 8.26. The molecule has 0 aromatic carbocycles. The van der Waals surface area contributed by atoms with Gasteiger partial charge in [-0.1, -0.05) is 11.6 Å². The second-order valence-corrected chi connectivity index (χ2v) is 5.41. The highest BCUT2D eigenvalue weighted by Crippen LogP contribution is 2.22. The average molecular weight is 290 g/mol. The molecule has 4 nitrogen and oxygen atoms in total. The van der Waals surface area contributed by atoms with E-state index in [-0.39, 0.29) is 12.5 Å². The molecule has 1 atom stereocenters. The summed E-state index contributed by atoms with van der Waals surface area (Å²) in [7, 11) is 1.52. The molecule has 1 aromatic rings. The van der Waals surface area contributed by atoms with Crippen LogP contribution in [-0.4, -0.2) is 37.4 Å². The van der Waals surface area contributed by atoms with Crippen LogP contribution in [0.15, 0.2) is 18.2 Å². The number of carbonyl (C=O) groups is 1. The van der Waals surface area contributed by atoms with E-state index in [4.69, 9.17) is 16.3 Å². The molecule has 0 saturated carbocycles. The molecule has 0 aliphatic heterocycles. The molecule has 1 unspecified atom stereocenters. The van der Waals surface area contributed by atoms with Gasteiger partial charge in [-0.25, -0.2) is 0 Å². The summed E-state index contributed by atoms with van der Waals surface area (Å²) in [6.45, 7) is 0.693. The lowest BCUT2D eigenvalue weighted by Crippen LogP contribution is -2.27. The van der Waals surface area contributed by atoms with Crippen LogP contribution in [0, 0.1) is 0 Å². The van der Waals surface area contributed by atoms with Gasteiger partial charge in [0.1, 0.15) is 0 Å². The van der Waals surface area contributed by atoms with E-state index >= 15 is 0 Å². The van der Waals surface area contributed by atoms with Crippen molar-refractivity contribution in [2.45, 2.75) is 12.5 Å². The van der Waals surface area contributed by atoms with Crippen molar-refractivity contribution in [2.75, 3.05) is 20.3 Å². The van der Waals surface area contributed by atoms with E-state index in [9.17, 15) is 9.90 Å². The highest BCUT2D eigenvalue weighted by Gasteiger charge is 2.03. The Morgan fingerprint density at radius 1 is 1.67 bits per heavy atom. The number of methoxy groups -OCH3 is 1. The number of halogens is 1. The van der Waals surface area contributed by atoms with Crippen molar-refractivity contribution in [1.29, 1.82) is 0 Å². The zero-order chi connectivity index (χ0) is 13.4. The molecule has 0 fully saturated rings. The minimum atomic E-state index is -0.546. The summed E-state index contributed by atoms with van der Waals surface area (Å²) in [5, 5.41) is 12.0. The molecule has 6 heteroatoms. The number of ether oxygens (including phenoxy) is 1. The summed E-state index contributed by atoms with van der Waals surface area (Å²) in [5.74, 6) is -0.191. The highest BCUT2D eigenvalue weighted by atomic mass is 35.5. The normalized spacial score (nSPS) is 12.8. The lowest BCUT2D eigenvalue weighted by molar-refractivity contribution is -0.116. The average Bonchev–Trinajstić information content (AvgIpc) is 2.73. The van der Waals surface area contributed by atoms with Crippen LogP contribution in [0.2, 0.25) is 4.34 Å². The van der Waals surface area contributed by atoms with Gasteiger partial charge in [-0.15, -0.1) is 11.3 Å². The van der Waals surface area contributed by atoms with Crippen LogP contribution < -0.4 is 5.32 Å². The smallest absolute Gasteiger partial charge is 0.244 e. The second-order valence-electron chi connectivity index (χ2n) is 3.66. The van der Waals surface area contributed by atoms with Crippen LogP contribution in [0.3, 0.4) is 0 Å². The summed E-state index contributed by atoms with van der Waals surface area (Å²) >= 11 is 7.18. The largest absolute Gasteiger partial charge is 0.391 e.